The van der Waals surface area contributed by atoms with Crippen molar-refractivity contribution in [3.8, 4) is 0 Å². The van der Waals surface area contributed by atoms with Crippen LogP contribution in [0, 0.1) is 12.7 Å². The maximum Gasteiger partial charge on any atom is 0.234 e. The lowest BCUT2D eigenvalue weighted by Gasteiger charge is -2.37. The number of nitrogens with two attached hydrogens (primary N) is 1. The fourth-order valence-corrected chi connectivity index (χ4v) is 2.54. The fourth-order valence-electron chi connectivity index (χ4n) is 2.54. The first-order valence-corrected chi connectivity index (χ1v) is 6.98. The molecular weight excluding hydrogens is 257 g/mol. The molecule has 0 saturated carbocycles. The molecule has 4 nitrogen and oxygen atoms in total. The monoisotopic (exact) mass is 279 g/mol. The van der Waals surface area contributed by atoms with E-state index in [2.05, 4.69) is 9.80 Å². The van der Waals surface area contributed by atoms with Crippen molar-refractivity contribution in [2.24, 2.45) is 5.73 Å². The number of carbonyl (C=O) groups excluding carboxylic acids is 1. The normalized spacial score (nSPS) is 18.9. The third kappa shape index (κ3) is 3.55. The Morgan fingerprint density at radius 3 is 2.60 bits per heavy atom. The third-order valence-electron chi connectivity index (χ3n) is 4.07. The molecule has 0 unspecified atom stereocenters. The van der Waals surface area contributed by atoms with Crippen LogP contribution < -0.4 is 5.73 Å². The molecule has 110 valence electrons. The Morgan fingerprint density at radius 1 is 1.35 bits per heavy atom. The minimum atomic E-state index is -0.278. The summed E-state index contributed by atoms with van der Waals surface area (Å²) >= 11 is 0. The molecule has 5 heteroatoms. The SMILES string of the molecule is Cc1ccc(F)cc1CN1CCN([C@H](C)C(N)=O)CC1. The fraction of sp³-hybridized carbons (Fsp3) is 0.533. The van der Waals surface area contributed by atoms with Gasteiger partial charge in [-0.25, -0.2) is 4.39 Å². The molecule has 2 rings (SSSR count). The van der Waals surface area contributed by atoms with Gasteiger partial charge in [0.25, 0.3) is 0 Å². The van der Waals surface area contributed by atoms with Crippen LogP contribution in [0.1, 0.15) is 18.1 Å². The predicted molar refractivity (Wildman–Crippen MR) is 76.6 cm³/mol. The Bertz CT molecular complexity index is 484. The number of hydrogen-bond donors (Lipinski definition) is 1. The van der Waals surface area contributed by atoms with Gasteiger partial charge in [0.15, 0.2) is 0 Å². The molecule has 1 heterocycles. The summed E-state index contributed by atoms with van der Waals surface area (Å²) in [6.45, 7) is 7.97. The summed E-state index contributed by atoms with van der Waals surface area (Å²) in [6.07, 6.45) is 0. The topological polar surface area (TPSA) is 49.6 Å². The first kappa shape index (κ1) is 14.9. The highest BCUT2D eigenvalue weighted by atomic mass is 19.1. The Morgan fingerprint density at radius 2 is 2.00 bits per heavy atom. The lowest BCUT2D eigenvalue weighted by atomic mass is 10.1. The number of rotatable bonds is 4. The van der Waals surface area contributed by atoms with Gasteiger partial charge < -0.3 is 5.73 Å². The lowest BCUT2D eigenvalue weighted by molar-refractivity contribution is -0.123. The molecule has 1 amide bonds. The molecule has 0 radical (unpaired) electrons. The summed E-state index contributed by atoms with van der Waals surface area (Å²) < 4.78 is 13.3. The number of primary amides is 1. The van der Waals surface area contributed by atoms with Crippen LogP contribution in [0.5, 0.6) is 0 Å². The molecule has 20 heavy (non-hydrogen) atoms. The molecule has 0 spiro atoms. The van der Waals surface area contributed by atoms with Crippen LogP contribution in [0.4, 0.5) is 4.39 Å². The Kier molecular flexibility index (Phi) is 4.73. The third-order valence-corrected chi connectivity index (χ3v) is 4.07. The molecular formula is C15H22FN3O. The van der Waals surface area contributed by atoms with Crippen molar-refractivity contribution < 1.29 is 9.18 Å². The maximum atomic E-state index is 13.3. The van der Waals surface area contributed by atoms with Gasteiger partial charge in [-0.1, -0.05) is 6.07 Å². The molecule has 1 aromatic rings. The second kappa shape index (κ2) is 6.33. The van der Waals surface area contributed by atoms with Gasteiger partial charge in [-0.15, -0.1) is 0 Å². The maximum absolute atomic E-state index is 13.3. The number of aryl methyl sites for hydroxylation is 1. The number of hydrogen-bond acceptors (Lipinski definition) is 3. The van der Waals surface area contributed by atoms with E-state index in [9.17, 15) is 9.18 Å². The summed E-state index contributed by atoms with van der Waals surface area (Å²) in [5.74, 6) is -0.467. The Balaban J connectivity index is 1.91. The van der Waals surface area contributed by atoms with Crippen molar-refractivity contribution >= 4 is 5.91 Å². The van der Waals surface area contributed by atoms with E-state index < -0.39 is 0 Å². The van der Waals surface area contributed by atoms with Crippen LogP contribution in [-0.4, -0.2) is 47.9 Å². The van der Waals surface area contributed by atoms with Crippen molar-refractivity contribution in [2.75, 3.05) is 26.2 Å². The molecule has 1 saturated heterocycles. The molecule has 2 N–H and O–H groups in total. The van der Waals surface area contributed by atoms with Crippen LogP contribution >= 0.6 is 0 Å². The average molecular weight is 279 g/mol. The summed E-state index contributed by atoms with van der Waals surface area (Å²) in [5, 5.41) is 0. The second-order valence-corrected chi connectivity index (χ2v) is 5.46. The van der Waals surface area contributed by atoms with Gasteiger partial charge in [0.2, 0.25) is 5.91 Å². The summed E-state index contributed by atoms with van der Waals surface area (Å²) in [6, 6.07) is 4.70. The molecule has 1 aromatic carbocycles. The van der Waals surface area contributed by atoms with E-state index in [0.717, 1.165) is 43.9 Å². The number of piperazine rings is 1. The zero-order valence-corrected chi connectivity index (χ0v) is 12.1. The van der Waals surface area contributed by atoms with Crippen molar-refractivity contribution in [3.63, 3.8) is 0 Å². The van der Waals surface area contributed by atoms with Crippen LogP contribution in [0.3, 0.4) is 0 Å². The number of carbonyl (C=O) groups is 1. The van der Waals surface area contributed by atoms with E-state index in [-0.39, 0.29) is 17.8 Å². The molecule has 1 fully saturated rings. The van der Waals surface area contributed by atoms with Crippen LogP contribution in [-0.2, 0) is 11.3 Å². The van der Waals surface area contributed by atoms with Gasteiger partial charge in [0.1, 0.15) is 5.82 Å². The first-order chi connectivity index (χ1) is 9.47. The van der Waals surface area contributed by atoms with E-state index >= 15 is 0 Å². The minimum Gasteiger partial charge on any atom is -0.368 e. The number of nitrogens with zero attached hydrogens (tertiary/aromatic N) is 2. The van der Waals surface area contributed by atoms with Crippen molar-refractivity contribution in [3.05, 3.63) is 35.1 Å². The second-order valence-electron chi connectivity index (χ2n) is 5.46. The van der Waals surface area contributed by atoms with Crippen molar-refractivity contribution in [1.82, 2.24) is 9.80 Å². The smallest absolute Gasteiger partial charge is 0.234 e. The van der Waals surface area contributed by atoms with E-state index in [4.69, 9.17) is 5.73 Å². The first-order valence-electron chi connectivity index (χ1n) is 6.98. The predicted octanol–water partition coefficient (Wildman–Crippen LogP) is 1.13. The average Bonchev–Trinajstić information content (AvgIpc) is 2.43. The Labute approximate surface area is 119 Å². The standard InChI is InChI=1S/C15H22FN3O/c1-11-3-4-14(16)9-13(11)10-18-5-7-19(8-6-18)12(2)15(17)20/h3-4,9,12H,5-8,10H2,1-2H3,(H2,17,20)/t12-/m1/s1. The zero-order chi connectivity index (χ0) is 14.7. The van der Waals surface area contributed by atoms with Crippen LogP contribution in [0.15, 0.2) is 18.2 Å². The highest BCUT2D eigenvalue weighted by Gasteiger charge is 2.24. The number of halogens is 1. The quantitative estimate of drug-likeness (QED) is 0.898. The van der Waals surface area contributed by atoms with Crippen LogP contribution in [0.2, 0.25) is 0 Å². The van der Waals surface area contributed by atoms with E-state index in [1.165, 1.54) is 6.07 Å². The summed E-state index contributed by atoms with van der Waals surface area (Å²) in [5.41, 5.74) is 7.47. The molecule has 0 aliphatic carbocycles. The van der Waals surface area contributed by atoms with Gasteiger partial charge in [-0.2, -0.15) is 0 Å². The molecule has 0 bridgehead atoms. The van der Waals surface area contributed by atoms with Gasteiger partial charge in [0.05, 0.1) is 6.04 Å². The van der Waals surface area contributed by atoms with Gasteiger partial charge in [-0.3, -0.25) is 14.6 Å². The summed E-state index contributed by atoms with van der Waals surface area (Å²) in [7, 11) is 0. The van der Waals surface area contributed by atoms with E-state index in [1.54, 1.807) is 6.07 Å². The number of benzene rings is 1. The minimum absolute atomic E-state index is 0.188. The zero-order valence-electron chi connectivity index (χ0n) is 12.1. The van der Waals surface area contributed by atoms with Gasteiger partial charge in [-0.05, 0) is 37.1 Å². The molecule has 1 aliphatic heterocycles. The van der Waals surface area contributed by atoms with Gasteiger partial charge in [0, 0.05) is 32.7 Å². The number of amides is 1. The largest absolute Gasteiger partial charge is 0.368 e. The van der Waals surface area contributed by atoms with Crippen molar-refractivity contribution in [1.29, 1.82) is 0 Å². The molecule has 1 aliphatic rings. The molecule has 1 atom stereocenters. The van der Waals surface area contributed by atoms with Crippen molar-refractivity contribution in [2.45, 2.75) is 26.4 Å². The highest BCUT2D eigenvalue weighted by molar-refractivity contribution is 5.79. The lowest BCUT2D eigenvalue weighted by Crippen LogP contribution is -2.52. The molecule has 0 aromatic heterocycles. The van der Waals surface area contributed by atoms with Crippen LogP contribution in [0.25, 0.3) is 0 Å². The highest BCUT2D eigenvalue weighted by Crippen LogP contribution is 2.15. The van der Waals surface area contributed by atoms with E-state index in [1.807, 2.05) is 19.9 Å². The summed E-state index contributed by atoms with van der Waals surface area (Å²) in [4.78, 5) is 15.6. The Hall–Kier alpha value is -1.46. The van der Waals surface area contributed by atoms with Gasteiger partial charge >= 0.3 is 0 Å². The van der Waals surface area contributed by atoms with E-state index in [0.29, 0.717) is 0 Å².